The number of benzene rings is 9. The average Bonchev–Trinajstić information content (AvgIpc) is 3.75. The first-order valence-corrected chi connectivity index (χ1v) is 19.8. The molecule has 0 amide bonds. The molecule has 0 aliphatic carbocycles. The van der Waals surface area contributed by atoms with Crippen molar-refractivity contribution >= 4 is 28.0 Å². The number of furan rings is 1. The van der Waals surface area contributed by atoms with Crippen LogP contribution in [0.3, 0.4) is 0 Å². The summed E-state index contributed by atoms with van der Waals surface area (Å²) in [6.07, 6.45) is 0. The van der Waals surface area contributed by atoms with Crippen molar-refractivity contribution < 1.29 is 4.42 Å². The van der Waals surface area contributed by atoms with Crippen molar-refractivity contribution in [2.45, 2.75) is 0 Å². The van der Waals surface area contributed by atoms with Gasteiger partial charge in [0.25, 0.3) is 0 Å². The Morgan fingerprint density at radius 2 is 0.655 bits per heavy atom. The van der Waals surface area contributed by atoms with Crippen LogP contribution in [0, 0.1) is 0 Å². The number of hydrogen-bond donors (Lipinski definition) is 0. The molecule has 0 spiro atoms. The van der Waals surface area contributed by atoms with Gasteiger partial charge in [-0.15, -0.1) is 0 Å². The summed E-state index contributed by atoms with van der Waals surface area (Å²) in [5, 5.41) is 1.08. The maximum atomic E-state index is 6.48. The van der Waals surface area contributed by atoms with Crippen LogP contribution in [0.4, 0.5) is 17.1 Å². The molecule has 0 bridgehead atoms. The first kappa shape index (κ1) is 34.8. The number of rotatable bonds is 9. The summed E-state index contributed by atoms with van der Waals surface area (Å²) >= 11 is 0. The van der Waals surface area contributed by atoms with Gasteiger partial charge in [-0.1, -0.05) is 188 Å². The van der Waals surface area contributed by atoms with E-state index in [9.17, 15) is 0 Å². The molecule has 10 aromatic rings. The van der Waals surface area contributed by atoms with Gasteiger partial charge in [0.1, 0.15) is 11.3 Å². The van der Waals surface area contributed by atoms with Crippen LogP contribution in [0.2, 0.25) is 0 Å². The van der Waals surface area contributed by atoms with Gasteiger partial charge >= 0.3 is 0 Å². The van der Waals surface area contributed by atoms with E-state index < -0.39 is 0 Å². The fourth-order valence-corrected chi connectivity index (χ4v) is 8.05. The molecule has 1 aromatic heterocycles. The standard InChI is InChI=1S/C56H39NO/c1-3-15-40(16-4-1)41-27-29-42(30-28-41)43-31-35-47(36-32-43)57(54-25-13-12-24-53(54)56-39-46-19-7-14-26-55(46)58-56)48-37-33-45(34-38-48)50-21-9-11-23-52(50)51-22-10-8-20-49(51)44-17-5-2-6-18-44/h1-39H. The summed E-state index contributed by atoms with van der Waals surface area (Å²) in [4.78, 5) is 2.34. The molecule has 0 N–H and O–H groups in total. The lowest BCUT2D eigenvalue weighted by Gasteiger charge is -2.28. The third kappa shape index (κ3) is 6.78. The number of para-hydroxylation sites is 2. The quantitative estimate of drug-likeness (QED) is 0.146. The van der Waals surface area contributed by atoms with Crippen LogP contribution in [-0.4, -0.2) is 0 Å². The summed E-state index contributed by atoms with van der Waals surface area (Å²) in [6.45, 7) is 0. The van der Waals surface area contributed by atoms with Gasteiger partial charge in [-0.25, -0.2) is 0 Å². The molecule has 9 aromatic carbocycles. The zero-order valence-electron chi connectivity index (χ0n) is 31.9. The molecule has 10 rings (SSSR count). The van der Waals surface area contributed by atoms with Crippen LogP contribution in [-0.2, 0) is 0 Å². The van der Waals surface area contributed by atoms with Crippen LogP contribution in [0.1, 0.15) is 0 Å². The van der Waals surface area contributed by atoms with Gasteiger partial charge in [0.15, 0.2) is 0 Å². The van der Waals surface area contributed by atoms with Crippen molar-refractivity contribution in [2.24, 2.45) is 0 Å². The lowest BCUT2D eigenvalue weighted by molar-refractivity contribution is 0.631. The van der Waals surface area contributed by atoms with Crippen molar-refractivity contribution in [1.29, 1.82) is 0 Å². The van der Waals surface area contributed by atoms with Crippen molar-refractivity contribution in [3.8, 4) is 67.0 Å². The highest BCUT2D eigenvalue weighted by Gasteiger charge is 2.20. The Balaban J connectivity index is 1.05. The van der Waals surface area contributed by atoms with E-state index in [4.69, 9.17) is 4.42 Å². The van der Waals surface area contributed by atoms with Crippen LogP contribution in [0.5, 0.6) is 0 Å². The third-order valence-corrected chi connectivity index (χ3v) is 11.0. The van der Waals surface area contributed by atoms with E-state index in [1.54, 1.807) is 0 Å². The molecule has 2 nitrogen and oxygen atoms in total. The van der Waals surface area contributed by atoms with Gasteiger partial charge in [-0.3, -0.25) is 0 Å². The maximum absolute atomic E-state index is 6.48. The molecule has 0 fully saturated rings. The molecular weight excluding hydrogens is 703 g/mol. The second-order valence-electron chi connectivity index (χ2n) is 14.5. The molecule has 2 heteroatoms. The van der Waals surface area contributed by atoms with Crippen molar-refractivity contribution in [1.82, 2.24) is 0 Å². The number of nitrogens with zero attached hydrogens (tertiary/aromatic N) is 1. The van der Waals surface area contributed by atoms with Crippen molar-refractivity contribution in [2.75, 3.05) is 4.90 Å². The fraction of sp³-hybridized carbons (Fsp3) is 0. The van der Waals surface area contributed by atoms with Crippen LogP contribution in [0.15, 0.2) is 241 Å². The van der Waals surface area contributed by atoms with Crippen LogP contribution >= 0.6 is 0 Å². The SMILES string of the molecule is c1ccc(-c2ccc(-c3ccc(N(c4ccc(-c5ccccc5-c5ccccc5-c5ccccc5)cc4)c4ccccc4-c4cc5ccccc5o4)cc3)cc2)cc1. The van der Waals surface area contributed by atoms with Gasteiger partial charge in [-0.2, -0.15) is 0 Å². The largest absolute Gasteiger partial charge is 0.456 e. The zero-order chi connectivity index (χ0) is 38.7. The van der Waals surface area contributed by atoms with Gasteiger partial charge in [0, 0.05) is 22.3 Å². The molecular formula is C56H39NO. The van der Waals surface area contributed by atoms with Crippen molar-refractivity contribution in [3.63, 3.8) is 0 Å². The van der Waals surface area contributed by atoms with Crippen LogP contribution < -0.4 is 4.90 Å². The monoisotopic (exact) mass is 741 g/mol. The van der Waals surface area contributed by atoms with E-state index >= 15 is 0 Å². The highest BCUT2D eigenvalue weighted by Crippen LogP contribution is 2.44. The molecule has 0 unspecified atom stereocenters. The Kier molecular flexibility index (Phi) is 9.27. The Bertz CT molecular complexity index is 2930. The molecule has 0 saturated heterocycles. The molecule has 0 radical (unpaired) electrons. The smallest absolute Gasteiger partial charge is 0.137 e. The minimum Gasteiger partial charge on any atom is -0.456 e. The average molecular weight is 742 g/mol. The summed E-state index contributed by atoms with van der Waals surface area (Å²) in [6, 6.07) is 84.1. The number of anilines is 3. The van der Waals surface area contributed by atoms with E-state index in [0.717, 1.165) is 50.5 Å². The highest BCUT2D eigenvalue weighted by molar-refractivity contribution is 5.94. The Morgan fingerprint density at radius 3 is 1.21 bits per heavy atom. The topological polar surface area (TPSA) is 16.4 Å². The molecule has 0 aliphatic heterocycles. The van der Waals surface area contributed by atoms with E-state index in [2.05, 4.69) is 229 Å². The Morgan fingerprint density at radius 1 is 0.276 bits per heavy atom. The van der Waals surface area contributed by atoms with E-state index in [-0.39, 0.29) is 0 Å². The summed E-state index contributed by atoms with van der Waals surface area (Å²) < 4.78 is 6.48. The maximum Gasteiger partial charge on any atom is 0.137 e. The number of fused-ring (bicyclic) bond motifs is 1. The zero-order valence-corrected chi connectivity index (χ0v) is 31.9. The van der Waals surface area contributed by atoms with Gasteiger partial charge in [0.05, 0.1) is 5.69 Å². The van der Waals surface area contributed by atoms with Crippen molar-refractivity contribution in [3.05, 3.63) is 237 Å². The number of hydrogen-bond acceptors (Lipinski definition) is 2. The lowest BCUT2D eigenvalue weighted by Crippen LogP contribution is -2.11. The third-order valence-electron chi connectivity index (χ3n) is 11.0. The fourth-order valence-electron chi connectivity index (χ4n) is 8.05. The minimum absolute atomic E-state index is 0.833. The molecule has 0 atom stereocenters. The molecule has 0 saturated carbocycles. The predicted octanol–water partition coefficient (Wildman–Crippen LogP) is 15.9. The molecule has 0 aliphatic rings. The minimum atomic E-state index is 0.833. The van der Waals surface area contributed by atoms with E-state index in [1.807, 2.05) is 12.1 Å². The molecule has 58 heavy (non-hydrogen) atoms. The molecule has 274 valence electrons. The van der Waals surface area contributed by atoms with Gasteiger partial charge < -0.3 is 9.32 Å². The lowest BCUT2D eigenvalue weighted by atomic mass is 9.89. The summed E-state index contributed by atoms with van der Waals surface area (Å²) in [7, 11) is 0. The van der Waals surface area contributed by atoms with Gasteiger partial charge in [-0.05, 0) is 104 Å². The normalized spacial score (nSPS) is 11.1. The Labute approximate surface area is 339 Å². The van der Waals surface area contributed by atoms with Crippen LogP contribution in [0.25, 0.3) is 77.9 Å². The first-order chi connectivity index (χ1) is 28.8. The summed E-state index contributed by atoms with van der Waals surface area (Å²) in [5.41, 5.74) is 17.0. The van der Waals surface area contributed by atoms with E-state index in [1.165, 1.54) is 44.5 Å². The first-order valence-electron chi connectivity index (χ1n) is 19.8. The highest BCUT2D eigenvalue weighted by atomic mass is 16.3. The second-order valence-corrected chi connectivity index (χ2v) is 14.5. The summed E-state index contributed by atoms with van der Waals surface area (Å²) in [5.74, 6) is 0.833. The predicted molar refractivity (Wildman–Crippen MR) is 244 cm³/mol. The second kappa shape index (κ2) is 15.5. The van der Waals surface area contributed by atoms with E-state index in [0.29, 0.717) is 0 Å². The Hall–Kier alpha value is -7.68. The molecule has 1 heterocycles. The van der Waals surface area contributed by atoms with Gasteiger partial charge in [0.2, 0.25) is 0 Å².